The standard InChI is InChI=1S/C25H23NO7S/c1-3-33-25(30)22(26)21(23(29)16-7-5-4-6-8-16)20-18(27)13-14-19(28)24(20)34(31,32)17-11-9-15(2)10-12-17/h4-14,27-28H,3,26H2,1-2H3. The average Bonchev–Trinajstić information content (AvgIpc) is 2.82. The number of allylic oxidation sites excluding steroid dienone is 1. The topological polar surface area (TPSA) is 144 Å². The molecule has 0 heterocycles. The summed E-state index contributed by atoms with van der Waals surface area (Å²) in [5.74, 6) is -3.32. The lowest BCUT2D eigenvalue weighted by Crippen LogP contribution is -2.21. The molecule has 0 aromatic heterocycles. The summed E-state index contributed by atoms with van der Waals surface area (Å²) >= 11 is 0. The van der Waals surface area contributed by atoms with Gasteiger partial charge in [-0.2, -0.15) is 0 Å². The van der Waals surface area contributed by atoms with E-state index in [0.29, 0.717) is 0 Å². The molecule has 0 aliphatic carbocycles. The Morgan fingerprint density at radius 1 is 0.912 bits per heavy atom. The lowest BCUT2D eigenvalue weighted by atomic mass is 9.93. The molecular formula is C25H23NO7S. The number of ether oxygens (including phenoxy) is 1. The Kier molecular flexibility index (Phi) is 7.07. The van der Waals surface area contributed by atoms with Gasteiger partial charge in [0.1, 0.15) is 22.1 Å². The summed E-state index contributed by atoms with van der Waals surface area (Å²) in [7, 11) is -4.48. The summed E-state index contributed by atoms with van der Waals surface area (Å²) in [5.41, 5.74) is 4.96. The minimum atomic E-state index is -4.48. The highest BCUT2D eigenvalue weighted by atomic mass is 32.2. The molecule has 0 saturated carbocycles. The van der Waals surface area contributed by atoms with Crippen LogP contribution in [0.1, 0.15) is 28.4 Å². The quantitative estimate of drug-likeness (QED) is 0.202. The van der Waals surface area contributed by atoms with Crippen molar-refractivity contribution in [2.75, 3.05) is 6.61 Å². The second-order valence-electron chi connectivity index (χ2n) is 7.33. The van der Waals surface area contributed by atoms with Crippen molar-refractivity contribution in [3.05, 3.63) is 89.1 Å². The summed E-state index contributed by atoms with van der Waals surface area (Å²) in [6.45, 7) is 3.24. The van der Waals surface area contributed by atoms with Crippen LogP contribution < -0.4 is 5.73 Å². The molecule has 0 aliphatic rings. The van der Waals surface area contributed by atoms with Gasteiger partial charge in [-0.1, -0.05) is 48.0 Å². The Bertz CT molecular complexity index is 1380. The summed E-state index contributed by atoms with van der Waals surface area (Å²) in [6, 6.07) is 15.4. The largest absolute Gasteiger partial charge is 0.507 e. The van der Waals surface area contributed by atoms with Gasteiger partial charge in [0, 0.05) is 5.56 Å². The highest BCUT2D eigenvalue weighted by molar-refractivity contribution is 7.91. The van der Waals surface area contributed by atoms with Crippen molar-refractivity contribution >= 4 is 27.2 Å². The molecule has 3 rings (SSSR count). The van der Waals surface area contributed by atoms with E-state index in [1.807, 2.05) is 0 Å². The van der Waals surface area contributed by atoms with Crippen LogP contribution in [0.2, 0.25) is 0 Å². The summed E-state index contributed by atoms with van der Waals surface area (Å²) < 4.78 is 32.0. The fourth-order valence-corrected chi connectivity index (χ4v) is 4.87. The van der Waals surface area contributed by atoms with Crippen LogP contribution in [0.3, 0.4) is 0 Å². The Morgan fingerprint density at radius 3 is 2.09 bits per heavy atom. The molecule has 0 unspecified atom stereocenters. The number of benzene rings is 3. The maximum atomic E-state index is 13.6. The first kappa shape index (κ1) is 24.5. The third-order valence-electron chi connectivity index (χ3n) is 4.99. The van der Waals surface area contributed by atoms with E-state index >= 15 is 0 Å². The third kappa shape index (κ3) is 4.65. The van der Waals surface area contributed by atoms with Crippen molar-refractivity contribution < 1.29 is 33.0 Å². The molecular weight excluding hydrogens is 458 g/mol. The van der Waals surface area contributed by atoms with Gasteiger partial charge in [0.25, 0.3) is 0 Å². The van der Waals surface area contributed by atoms with Crippen molar-refractivity contribution in [2.45, 2.75) is 23.6 Å². The van der Waals surface area contributed by atoms with Crippen LogP contribution in [0.4, 0.5) is 0 Å². The SMILES string of the molecule is CCOC(=O)C(N)=C(C(=O)c1ccccc1)c1c(O)ccc(O)c1S(=O)(=O)c1ccc(C)cc1. The molecule has 9 heteroatoms. The normalized spacial score (nSPS) is 12.1. The molecule has 3 aromatic rings. The zero-order valence-corrected chi connectivity index (χ0v) is 19.3. The molecule has 176 valence electrons. The van der Waals surface area contributed by atoms with Gasteiger partial charge in [0.15, 0.2) is 5.78 Å². The first-order chi connectivity index (χ1) is 16.1. The Labute approximate surface area is 196 Å². The molecule has 4 N–H and O–H groups in total. The van der Waals surface area contributed by atoms with Gasteiger partial charge >= 0.3 is 5.97 Å². The maximum absolute atomic E-state index is 13.6. The highest BCUT2D eigenvalue weighted by Gasteiger charge is 2.34. The van der Waals surface area contributed by atoms with Gasteiger partial charge in [-0.3, -0.25) is 4.79 Å². The number of esters is 1. The average molecular weight is 482 g/mol. The lowest BCUT2D eigenvalue weighted by Gasteiger charge is -2.18. The number of hydrogen-bond donors (Lipinski definition) is 3. The molecule has 0 fully saturated rings. The van der Waals surface area contributed by atoms with E-state index < -0.39 is 54.8 Å². The number of ketones is 1. The van der Waals surface area contributed by atoms with Crippen molar-refractivity contribution in [3.63, 3.8) is 0 Å². The molecule has 0 radical (unpaired) electrons. The van der Waals surface area contributed by atoms with Gasteiger partial charge in [-0.25, -0.2) is 13.2 Å². The number of hydrogen-bond acceptors (Lipinski definition) is 8. The zero-order valence-electron chi connectivity index (χ0n) is 18.5. The van der Waals surface area contributed by atoms with Crippen molar-refractivity contribution in [1.82, 2.24) is 0 Å². The molecule has 0 spiro atoms. The van der Waals surface area contributed by atoms with E-state index in [9.17, 15) is 28.2 Å². The number of nitrogens with two attached hydrogens (primary N) is 1. The van der Waals surface area contributed by atoms with E-state index in [4.69, 9.17) is 10.5 Å². The van der Waals surface area contributed by atoms with Crippen LogP contribution in [-0.2, 0) is 19.4 Å². The predicted molar refractivity (Wildman–Crippen MR) is 125 cm³/mol. The lowest BCUT2D eigenvalue weighted by molar-refractivity contribution is -0.138. The third-order valence-corrected chi connectivity index (χ3v) is 6.84. The van der Waals surface area contributed by atoms with Gasteiger partial charge in [0.05, 0.1) is 22.6 Å². The second kappa shape index (κ2) is 9.80. The van der Waals surface area contributed by atoms with Gasteiger partial charge < -0.3 is 20.7 Å². The number of Topliss-reactive ketones (excluding diaryl/α,β-unsaturated/α-hetero) is 1. The molecule has 0 atom stereocenters. The fraction of sp³-hybridized carbons (Fsp3) is 0.120. The predicted octanol–water partition coefficient (Wildman–Crippen LogP) is 3.35. The number of aromatic hydroxyl groups is 2. The van der Waals surface area contributed by atoms with E-state index in [1.165, 1.54) is 31.2 Å². The first-order valence-corrected chi connectivity index (χ1v) is 11.7. The van der Waals surface area contributed by atoms with Crippen molar-refractivity contribution in [2.24, 2.45) is 5.73 Å². The first-order valence-electron chi connectivity index (χ1n) is 10.2. The van der Waals surface area contributed by atoms with Gasteiger partial charge in [-0.15, -0.1) is 0 Å². The van der Waals surface area contributed by atoms with Crippen LogP contribution in [0.25, 0.3) is 5.57 Å². The molecule has 8 nitrogen and oxygen atoms in total. The smallest absolute Gasteiger partial charge is 0.354 e. The summed E-state index contributed by atoms with van der Waals surface area (Å²) in [5, 5.41) is 21.3. The zero-order chi connectivity index (χ0) is 25.0. The molecule has 34 heavy (non-hydrogen) atoms. The minimum absolute atomic E-state index is 0.0626. The number of phenolic OH excluding ortho intramolecular Hbond substituents is 2. The van der Waals surface area contributed by atoms with Crippen LogP contribution in [0, 0.1) is 6.92 Å². The Hall–Kier alpha value is -4.11. The molecule has 3 aromatic carbocycles. The van der Waals surface area contributed by atoms with Gasteiger partial charge in [-0.05, 0) is 38.1 Å². The number of carbonyl (C=O) groups is 2. The summed E-state index contributed by atoms with van der Waals surface area (Å²) in [4.78, 5) is 25.0. The second-order valence-corrected chi connectivity index (χ2v) is 9.22. The van der Waals surface area contributed by atoms with E-state index in [0.717, 1.165) is 17.7 Å². The molecule has 0 amide bonds. The monoisotopic (exact) mass is 481 g/mol. The van der Waals surface area contributed by atoms with Crippen molar-refractivity contribution in [3.8, 4) is 11.5 Å². The number of rotatable bonds is 7. The number of phenols is 2. The Morgan fingerprint density at radius 2 is 1.50 bits per heavy atom. The van der Waals surface area contributed by atoms with Gasteiger partial charge in [0.2, 0.25) is 9.84 Å². The van der Waals surface area contributed by atoms with Crippen molar-refractivity contribution in [1.29, 1.82) is 0 Å². The molecule has 0 saturated heterocycles. The van der Waals surface area contributed by atoms with Crippen LogP contribution >= 0.6 is 0 Å². The molecule has 0 bridgehead atoms. The molecule has 0 aliphatic heterocycles. The van der Waals surface area contributed by atoms with E-state index in [2.05, 4.69) is 0 Å². The van der Waals surface area contributed by atoms with E-state index in [-0.39, 0.29) is 17.1 Å². The summed E-state index contributed by atoms with van der Waals surface area (Å²) in [6.07, 6.45) is 0. The maximum Gasteiger partial charge on any atom is 0.354 e. The Balaban J connectivity index is 2.41. The van der Waals surface area contributed by atoms with Crippen LogP contribution in [-0.4, -0.2) is 37.0 Å². The fourth-order valence-electron chi connectivity index (χ4n) is 3.33. The van der Waals surface area contributed by atoms with Crippen LogP contribution in [0.15, 0.2) is 82.2 Å². The van der Waals surface area contributed by atoms with Crippen LogP contribution in [0.5, 0.6) is 11.5 Å². The number of aryl methyl sites for hydroxylation is 1. The number of sulfone groups is 1. The highest BCUT2D eigenvalue weighted by Crippen LogP contribution is 2.42. The number of carbonyl (C=O) groups excluding carboxylic acids is 2. The van der Waals surface area contributed by atoms with E-state index in [1.54, 1.807) is 37.3 Å². The minimum Gasteiger partial charge on any atom is -0.507 e.